The third kappa shape index (κ3) is 3.23. The van der Waals surface area contributed by atoms with Crippen LogP contribution in [-0.2, 0) is 4.79 Å². The first-order valence-corrected chi connectivity index (χ1v) is 8.19. The first-order valence-electron chi connectivity index (χ1n) is 6.94. The van der Waals surface area contributed by atoms with Crippen molar-refractivity contribution in [2.24, 2.45) is 0 Å². The number of hydrogen-bond donors (Lipinski definition) is 3. The highest BCUT2D eigenvalue weighted by Crippen LogP contribution is 2.31. The molecule has 1 aliphatic rings. The van der Waals surface area contributed by atoms with Gasteiger partial charge in [-0.25, -0.2) is 4.79 Å². The molecule has 3 amide bonds. The lowest BCUT2D eigenvalue weighted by Gasteiger charge is -2.27. The molecule has 0 spiro atoms. The summed E-state index contributed by atoms with van der Waals surface area (Å²) in [7, 11) is 0. The number of hydrogen-bond acceptors (Lipinski definition) is 3. The Morgan fingerprint density at radius 1 is 1.26 bits per heavy atom. The van der Waals surface area contributed by atoms with Gasteiger partial charge in [0.2, 0.25) is 0 Å². The lowest BCUT2D eigenvalue weighted by molar-refractivity contribution is -0.113. The molecule has 0 fully saturated rings. The number of urea groups is 1. The Morgan fingerprint density at radius 3 is 2.74 bits per heavy atom. The molecule has 5 nitrogen and oxygen atoms in total. The van der Waals surface area contributed by atoms with E-state index >= 15 is 0 Å². The molecule has 2 heterocycles. The second-order valence-corrected chi connectivity index (χ2v) is 6.41. The molecule has 1 atom stereocenters. The van der Waals surface area contributed by atoms with Gasteiger partial charge >= 0.3 is 6.03 Å². The van der Waals surface area contributed by atoms with E-state index in [-0.39, 0.29) is 11.9 Å². The van der Waals surface area contributed by atoms with E-state index in [0.717, 1.165) is 4.88 Å². The lowest BCUT2D eigenvalue weighted by Crippen LogP contribution is -2.45. The minimum Gasteiger partial charge on any atom is -0.326 e. The van der Waals surface area contributed by atoms with E-state index in [1.165, 1.54) is 11.3 Å². The molecule has 0 radical (unpaired) electrons. The number of rotatable bonds is 3. The lowest BCUT2D eigenvalue weighted by atomic mass is 10.0. The van der Waals surface area contributed by atoms with Crippen molar-refractivity contribution in [1.82, 2.24) is 10.6 Å². The van der Waals surface area contributed by atoms with Crippen molar-refractivity contribution in [3.63, 3.8) is 0 Å². The predicted molar refractivity (Wildman–Crippen MR) is 91.5 cm³/mol. The first kappa shape index (κ1) is 15.6. The maximum atomic E-state index is 12.7. The summed E-state index contributed by atoms with van der Waals surface area (Å²) < 4.78 is 0. The molecule has 2 aromatic rings. The van der Waals surface area contributed by atoms with Gasteiger partial charge in [-0.15, -0.1) is 11.3 Å². The average molecular weight is 348 g/mol. The van der Waals surface area contributed by atoms with Crippen LogP contribution in [0.3, 0.4) is 0 Å². The van der Waals surface area contributed by atoms with Gasteiger partial charge in [0, 0.05) is 10.6 Å². The van der Waals surface area contributed by atoms with Crippen molar-refractivity contribution in [3.05, 3.63) is 62.9 Å². The molecule has 0 bridgehead atoms. The number of carbonyl (C=O) groups excluding carboxylic acids is 2. The van der Waals surface area contributed by atoms with Gasteiger partial charge in [0.15, 0.2) is 0 Å². The third-order valence-corrected chi connectivity index (χ3v) is 4.73. The van der Waals surface area contributed by atoms with Crippen LogP contribution in [0.25, 0.3) is 0 Å². The van der Waals surface area contributed by atoms with Crippen molar-refractivity contribution in [2.45, 2.75) is 13.0 Å². The van der Waals surface area contributed by atoms with E-state index in [4.69, 9.17) is 11.6 Å². The molecule has 7 heteroatoms. The maximum Gasteiger partial charge on any atom is 0.319 e. The fraction of sp³-hybridized carbons (Fsp3) is 0.125. The quantitative estimate of drug-likeness (QED) is 0.792. The summed E-state index contributed by atoms with van der Waals surface area (Å²) in [5.74, 6) is -0.304. The summed E-state index contributed by atoms with van der Waals surface area (Å²) in [5.41, 5.74) is 1.52. The Hall–Kier alpha value is -2.31. The molecule has 1 aromatic carbocycles. The van der Waals surface area contributed by atoms with Crippen LogP contribution in [-0.4, -0.2) is 11.9 Å². The highest BCUT2D eigenvalue weighted by atomic mass is 35.5. The number of amides is 3. The fourth-order valence-electron chi connectivity index (χ4n) is 2.42. The summed E-state index contributed by atoms with van der Waals surface area (Å²) in [5, 5.41) is 10.6. The Kier molecular flexibility index (Phi) is 4.36. The standard InChI is InChI=1S/C16H14ClN3O2S/c1-9-13(15(21)19-11-6-3-2-5-10(11)17)14(20-16(22)18-9)12-7-4-8-23-12/h2-8,14H,1H3,(H,19,21)(H2,18,20,22). The van der Waals surface area contributed by atoms with E-state index in [0.29, 0.717) is 22.0 Å². The summed E-state index contributed by atoms with van der Waals surface area (Å²) >= 11 is 7.57. The summed E-state index contributed by atoms with van der Waals surface area (Å²) in [6.45, 7) is 1.71. The number of allylic oxidation sites excluding steroid dienone is 1. The topological polar surface area (TPSA) is 70.2 Å². The van der Waals surface area contributed by atoms with Gasteiger partial charge in [-0.05, 0) is 30.5 Å². The molecule has 0 saturated heterocycles. The molecule has 1 unspecified atom stereocenters. The monoisotopic (exact) mass is 347 g/mol. The van der Waals surface area contributed by atoms with E-state index in [1.54, 1.807) is 31.2 Å². The van der Waals surface area contributed by atoms with Crippen molar-refractivity contribution in [2.75, 3.05) is 5.32 Å². The number of thiophene rings is 1. The maximum absolute atomic E-state index is 12.7. The molecule has 1 aromatic heterocycles. The van der Waals surface area contributed by atoms with Gasteiger partial charge in [0.25, 0.3) is 5.91 Å². The van der Waals surface area contributed by atoms with Crippen molar-refractivity contribution >= 4 is 40.6 Å². The zero-order chi connectivity index (χ0) is 16.4. The second kappa shape index (κ2) is 6.44. The first-order chi connectivity index (χ1) is 11.1. The normalized spacial score (nSPS) is 17.5. The zero-order valence-corrected chi connectivity index (χ0v) is 13.8. The molecule has 0 saturated carbocycles. The molecule has 0 aliphatic carbocycles. The van der Waals surface area contributed by atoms with Gasteiger partial charge in [-0.3, -0.25) is 4.79 Å². The minimum atomic E-state index is -0.480. The molecule has 118 valence electrons. The van der Waals surface area contributed by atoms with Gasteiger partial charge in [0.1, 0.15) is 0 Å². The number of nitrogens with one attached hydrogen (secondary N) is 3. The summed E-state index contributed by atoms with van der Waals surface area (Å²) in [4.78, 5) is 25.4. The number of benzene rings is 1. The zero-order valence-electron chi connectivity index (χ0n) is 12.2. The van der Waals surface area contributed by atoms with Crippen molar-refractivity contribution in [1.29, 1.82) is 0 Å². The van der Waals surface area contributed by atoms with Gasteiger partial charge in [-0.2, -0.15) is 0 Å². The largest absolute Gasteiger partial charge is 0.326 e. The van der Waals surface area contributed by atoms with Crippen LogP contribution in [0.4, 0.5) is 10.5 Å². The van der Waals surface area contributed by atoms with Crippen LogP contribution in [0, 0.1) is 0 Å². The van der Waals surface area contributed by atoms with Gasteiger partial charge < -0.3 is 16.0 Å². The van der Waals surface area contributed by atoms with Crippen LogP contribution in [0.2, 0.25) is 5.02 Å². The number of halogens is 1. The number of para-hydroxylation sites is 1. The summed E-state index contributed by atoms with van der Waals surface area (Å²) in [6.07, 6.45) is 0. The van der Waals surface area contributed by atoms with Gasteiger partial charge in [-0.1, -0.05) is 29.8 Å². The molecular weight excluding hydrogens is 334 g/mol. The Labute approximate surface area is 142 Å². The van der Waals surface area contributed by atoms with Crippen LogP contribution in [0.5, 0.6) is 0 Å². The smallest absolute Gasteiger partial charge is 0.319 e. The number of anilines is 1. The minimum absolute atomic E-state index is 0.304. The van der Waals surface area contributed by atoms with E-state index < -0.39 is 6.04 Å². The average Bonchev–Trinajstić information content (AvgIpc) is 3.03. The molecule has 23 heavy (non-hydrogen) atoms. The molecule has 3 N–H and O–H groups in total. The molecule has 1 aliphatic heterocycles. The van der Waals surface area contributed by atoms with Gasteiger partial charge in [0.05, 0.1) is 22.3 Å². The van der Waals surface area contributed by atoms with Crippen molar-refractivity contribution < 1.29 is 9.59 Å². The fourth-order valence-corrected chi connectivity index (χ4v) is 3.38. The van der Waals surface area contributed by atoms with Crippen molar-refractivity contribution in [3.8, 4) is 0 Å². The van der Waals surface area contributed by atoms with Crippen LogP contribution >= 0.6 is 22.9 Å². The van der Waals surface area contributed by atoms with E-state index in [1.807, 2.05) is 17.5 Å². The SMILES string of the molecule is CC1=C(C(=O)Nc2ccccc2Cl)C(c2cccs2)NC(=O)N1. The molecular formula is C16H14ClN3O2S. The Bertz CT molecular complexity index is 786. The highest BCUT2D eigenvalue weighted by Gasteiger charge is 2.31. The van der Waals surface area contributed by atoms with Crippen LogP contribution < -0.4 is 16.0 Å². The predicted octanol–water partition coefficient (Wildman–Crippen LogP) is 3.67. The van der Waals surface area contributed by atoms with Crippen LogP contribution in [0.1, 0.15) is 17.8 Å². The summed E-state index contributed by atoms with van der Waals surface area (Å²) in [6, 6.07) is 9.98. The Balaban J connectivity index is 1.94. The molecule has 3 rings (SSSR count). The second-order valence-electron chi connectivity index (χ2n) is 5.02. The Morgan fingerprint density at radius 2 is 2.04 bits per heavy atom. The van der Waals surface area contributed by atoms with E-state index in [9.17, 15) is 9.59 Å². The highest BCUT2D eigenvalue weighted by molar-refractivity contribution is 7.10. The number of carbonyl (C=O) groups is 2. The van der Waals surface area contributed by atoms with E-state index in [2.05, 4.69) is 16.0 Å². The van der Waals surface area contributed by atoms with Crippen LogP contribution in [0.15, 0.2) is 53.0 Å². The third-order valence-electron chi connectivity index (χ3n) is 3.46.